The van der Waals surface area contributed by atoms with Crippen LogP contribution in [0, 0.1) is 0 Å². The Kier molecular flexibility index (Phi) is 5.26. The van der Waals surface area contributed by atoms with Crippen LogP contribution >= 0.6 is 12.4 Å². The maximum Gasteiger partial charge on any atom is 0.158 e. The lowest BCUT2D eigenvalue weighted by molar-refractivity contribution is 0.405. The van der Waals surface area contributed by atoms with Crippen LogP contribution in [0.4, 0.5) is 0 Å². The van der Waals surface area contributed by atoms with Gasteiger partial charge in [0.2, 0.25) is 0 Å². The van der Waals surface area contributed by atoms with Crippen molar-refractivity contribution in [3.8, 4) is 11.5 Å². The molecule has 0 aliphatic carbocycles. The largest absolute Gasteiger partial charge is 0.504 e. The minimum Gasteiger partial charge on any atom is -0.504 e. The second-order valence-electron chi connectivity index (χ2n) is 5.11. The first-order valence-corrected chi connectivity index (χ1v) is 6.91. The highest BCUT2D eigenvalue weighted by Gasteiger charge is 2.03. The summed E-state index contributed by atoms with van der Waals surface area (Å²) in [4.78, 5) is 0. The molecule has 114 valence electrons. The lowest BCUT2D eigenvalue weighted by atomic mass is 10.1. The number of phenolic OH excluding ortho intramolecular Hbond substituents is 2. The molecule has 0 saturated carbocycles. The van der Waals surface area contributed by atoms with Crippen LogP contribution in [0.3, 0.4) is 0 Å². The molecule has 0 aromatic heterocycles. The maximum atomic E-state index is 9.57. The molecule has 0 amide bonds. The smallest absolute Gasteiger partial charge is 0.158 e. The number of rotatable bonds is 4. The Morgan fingerprint density at radius 3 is 2.05 bits per heavy atom. The molecule has 3 N–H and O–H groups in total. The first-order chi connectivity index (χ1) is 10.2. The number of benzene rings is 3. The summed E-state index contributed by atoms with van der Waals surface area (Å²) in [6.07, 6.45) is 0. The van der Waals surface area contributed by atoms with E-state index in [2.05, 4.69) is 17.4 Å². The summed E-state index contributed by atoms with van der Waals surface area (Å²) in [6, 6.07) is 19.4. The van der Waals surface area contributed by atoms with Crippen LogP contribution in [-0.4, -0.2) is 10.2 Å². The van der Waals surface area contributed by atoms with Gasteiger partial charge < -0.3 is 15.5 Å². The van der Waals surface area contributed by atoms with E-state index >= 15 is 0 Å². The van der Waals surface area contributed by atoms with E-state index < -0.39 is 0 Å². The molecular weight excluding hydrogens is 298 g/mol. The van der Waals surface area contributed by atoms with Gasteiger partial charge in [0.25, 0.3) is 0 Å². The van der Waals surface area contributed by atoms with Crippen LogP contribution in [-0.2, 0) is 13.1 Å². The molecule has 0 radical (unpaired) electrons. The molecule has 0 spiro atoms. The predicted molar refractivity (Wildman–Crippen MR) is 91.5 cm³/mol. The Bertz CT molecular complexity index is 760. The third-order valence-electron chi connectivity index (χ3n) is 3.50. The van der Waals surface area contributed by atoms with Crippen LogP contribution in [0.1, 0.15) is 11.1 Å². The second-order valence-corrected chi connectivity index (χ2v) is 5.11. The zero-order valence-corrected chi connectivity index (χ0v) is 12.8. The number of fused-ring (bicyclic) bond motifs is 1. The van der Waals surface area contributed by atoms with E-state index in [0.29, 0.717) is 0 Å². The fourth-order valence-electron chi connectivity index (χ4n) is 2.38. The van der Waals surface area contributed by atoms with Crippen LogP contribution in [0.2, 0.25) is 0 Å². The number of halogens is 1. The Labute approximate surface area is 135 Å². The van der Waals surface area contributed by atoms with Crippen LogP contribution in [0.25, 0.3) is 10.8 Å². The van der Waals surface area contributed by atoms with Gasteiger partial charge in [-0.05, 0) is 40.1 Å². The lowest BCUT2D eigenvalue weighted by Crippen LogP contribution is -2.12. The molecule has 0 aliphatic heterocycles. The molecule has 0 aliphatic rings. The van der Waals surface area contributed by atoms with E-state index in [4.69, 9.17) is 0 Å². The molecule has 3 rings (SSSR count). The van der Waals surface area contributed by atoms with Crippen molar-refractivity contribution in [1.82, 2.24) is 5.32 Å². The van der Waals surface area contributed by atoms with Crippen molar-refractivity contribution in [1.29, 1.82) is 0 Å². The van der Waals surface area contributed by atoms with Gasteiger partial charge in [0.1, 0.15) is 0 Å². The van der Waals surface area contributed by atoms with Gasteiger partial charge in [-0.25, -0.2) is 0 Å². The van der Waals surface area contributed by atoms with Crippen LogP contribution < -0.4 is 5.32 Å². The van der Waals surface area contributed by atoms with Gasteiger partial charge in [-0.2, -0.15) is 0 Å². The molecule has 0 saturated heterocycles. The summed E-state index contributed by atoms with van der Waals surface area (Å²) in [5.74, 6) is -0.172. The number of phenols is 2. The standard InChI is InChI=1S/C18H17NO2.ClH/c20-17-9-15-7-6-14(8-16(15)10-18(17)21)12-19-11-13-4-2-1-3-5-13;/h1-10,19-21H,11-12H2;1H. The Hall–Kier alpha value is -2.23. The summed E-state index contributed by atoms with van der Waals surface area (Å²) in [6.45, 7) is 1.58. The van der Waals surface area contributed by atoms with E-state index in [0.717, 1.165) is 29.4 Å². The molecule has 3 aromatic rings. The van der Waals surface area contributed by atoms with Gasteiger partial charge in [0.15, 0.2) is 11.5 Å². The summed E-state index contributed by atoms with van der Waals surface area (Å²) >= 11 is 0. The highest BCUT2D eigenvalue weighted by atomic mass is 35.5. The van der Waals surface area contributed by atoms with Gasteiger partial charge >= 0.3 is 0 Å². The van der Waals surface area contributed by atoms with E-state index in [1.54, 1.807) is 12.1 Å². The fraction of sp³-hybridized carbons (Fsp3) is 0.111. The average molecular weight is 316 g/mol. The predicted octanol–water partition coefficient (Wildman–Crippen LogP) is 3.96. The quantitative estimate of drug-likeness (QED) is 0.639. The van der Waals surface area contributed by atoms with E-state index in [-0.39, 0.29) is 23.9 Å². The lowest BCUT2D eigenvalue weighted by Gasteiger charge is -2.07. The first kappa shape index (κ1) is 16.1. The molecule has 4 heteroatoms. The topological polar surface area (TPSA) is 52.5 Å². The Morgan fingerprint density at radius 1 is 0.682 bits per heavy atom. The first-order valence-electron chi connectivity index (χ1n) is 6.91. The van der Waals surface area contributed by atoms with Crippen LogP contribution in [0.15, 0.2) is 60.7 Å². The fourth-order valence-corrected chi connectivity index (χ4v) is 2.38. The second kappa shape index (κ2) is 7.16. The Morgan fingerprint density at radius 2 is 1.32 bits per heavy atom. The van der Waals surface area contributed by atoms with Gasteiger partial charge in [-0.3, -0.25) is 0 Å². The molecule has 0 bridgehead atoms. The summed E-state index contributed by atoms with van der Waals surface area (Å²) in [7, 11) is 0. The van der Waals surface area contributed by atoms with E-state index in [1.165, 1.54) is 5.56 Å². The van der Waals surface area contributed by atoms with Crippen molar-refractivity contribution < 1.29 is 10.2 Å². The zero-order valence-electron chi connectivity index (χ0n) is 12.0. The van der Waals surface area contributed by atoms with Crippen molar-refractivity contribution in [3.05, 3.63) is 71.8 Å². The SMILES string of the molecule is Cl.Oc1cc2ccc(CNCc3ccccc3)cc2cc1O. The maximum absolute atomic E-state index is 9.57. The van der Waals surface area contributed by atoms with Crippen molar-refractivity contribution in [3.63, 3.8) is 0 Å². The molecule has 22 heavy (non-hydrogen) atoms. The summed E-state index contributed by atoms with van der Waals surface area (Å²) in [5.41, 5.74) is 2.39. The van der Waals surface area contributed by atoms with Gasteiger partial charge in [0, 0.05) is 13.1 Å². The Balaban J connectivity index is 0.00000176. The number of hydrogen-bond donors (Lipinski definition) is 3. The zero-order chi connectivity index (χ0) is 14.7. The number of aromatic hydroxyl groups is 2. The van der Waals surface area contributed by atoms with Gasteiger partial charge in [-0.1, -0.05) is 42.5 Å². The van der Waals surface area contributed by atoms with Gasteiger partial charge in [0.05, 0.1) is 0 Å². The minimum absolute atomic E-state index is 0. The monoisotopic (exact) mass is 315 g/mol. The molecule has 3 nitrogen and oxygen atoms in total. The molecular formula is C18H18ClNO2. The molecule has 0 unspecified atom stereocenters. The molecule has 0 fully saturated rings. The third kappa shape index (κ3) is 3.70. The van der Waals surface area contributed by atoms with Crippen molar-refractivity contribution in [2.24, 2.45) is 0 Å². The minimum atomic E-state index is -0.0862. The average Bonchev–Trinajstić information content (AvgIpc) is 2.50. The molecule has 0 atom stereocenters. The van der Waals surface area contributed by atoms with E-state index in [1.807, 2.05) is 36.4 Å². The summed E-state index contributed by atoms with van der Waals surface area (Å²) in [5, 5.41) is 24.3. The molecule has 0 heterocycles. The van der Waals surface area contributed by atoms with Crippen molar-refractivity contribution >= 4 is 23.2 Å². The third-order valence-corrected chi connectivity index (χ3v) is 3.50. The normalized spacial score (nSPS) is 10.4. The molecule has 3 aromatic carbocycles. The highest BCUT2D eigenvalue weighted by Crippen LogP contribution is 2.30. The highest BCUT2D eigenvalue weighted by molar-refractivity contribution is 5.86. The van der Waals surface area contributed by atoms with E-state index in [9.17, 15) is 10.2 Å². The van der Waals surface area contributed by atoms with Gasteiger partial charge in [-0.15, -0.1) is 12.4 Å². The number of nitrogens with one attached hydrogen (secondary N) is 1. The number of hydrogen-bond acceptors (Lipinski definition) is 3. The van der Waals surface area contributed by atoms with Crippen LogP contribution in [0.5, 0.6) is 11.5 Å². The van der Waals surface area contributed by atoms with Crippen molar-refractivity contribution in [2.45, 2.75) is 13.1 Å². The summed E-state index contributed by atoms with van der Waals surface area (Å²) < 4.78 is 0. The van der Waals surface area contributed by atoms with Crippen molar-refractivity contribution in [2.75, 3.05) is 0 Å².